The van der Waals surface area contributed by atoms with Crippen molar-refractivity contribution in [1.82, 2.24) is 14.8 Å². The van der Waals surface area contributed by atoms with Gasteiger partial charge in [0.25, 0.3) is 0 Å². The average molecular weight is 424 g/mol. The molecule has 0 bridgehead atoms. The molecule has 0 saturated carbocycles. The minimum absolute atomic E-state index is 0.818. The van der Waals surface area contributed by atoms with Gasteiger partial charge in [-0.05, 0) is 114 Å². The van der Waals surface area contributed by atoms with Crippen LogP contribution in [0.15, 0.2) is 23.6 Å². The van der Waals surface area contributed by atoms with Crippen molar-refractivity contribution in [3.63, 3.8) is 0 Å². The number of thiazole rings is 1. The number of nitrogens with zero attached hydrogens (tertiary/aromatic N) is 3. The summed E-state index contributed by atoms with van der Waals surface area (Å²) >= 11 is 1.87. The number of piperidine rings is 1. The molecule has 1 aromatic heterocycles. The van der Waals surface area contributed by atoms with Crippen LogP contribution >= 0.6 is 11.3 Å². The zero-order valence-electron chi connectivity index (χ0n) is 18.6. The minimum Gasteiger partial charge on any atom is -0.303 e. The van der Waals surface area contributed by atoms with E-state index in [0.29, 0.717) is 0 Å². The SMILES string of the molecule is CN1CCCC1CCN1CCC(Cc2nc(-c3ccc4c(c3)CCCC4)cs2)CC1. The molecule has 3 heterocycles. The molecule has 162 valence electrons. The summed E-state index contributed by atoms with van der Waals surface area (Å²) in [6.07, 6.45) is 13.2. The lowest BCUT2D eigenvalue weighted by molar-refractivity contribution is 0.165. The number of rotatable bonds is 6. The van der Waals surface area contributed by atoms with Crippen LogP contribution in [0.3, 0.4) is 0 Å². The normalized spacial score (nSPS) is 23.7. The molecule has 1 unspecified atom stereocenters. The first-order valence-electron chi connectivity index (χ1n) is 12.2. The summed E-state index contributed by atoms with van der Waals surface area (Å²) in [5.74, 6) is 0.818. The Morgan fingerprint density at radius 2 is 1.83 bits per heavy atom. The van der Waals surface area contributed by atoms with Gasteiger partial charge in [0.05, 0.1) is 10.7 Å². The third kappa shape index (κ3) is 4.81. The standard InChI is InChI=1S/C26H37N3S/c1-28-13-4-7-24(28)12-16-29-14-10-20(11-15-29)17-26-27-25(19-30-26)23-9-8-21-5-2-3-6-22(21)18-23/h8-9,18-20,24H,2-7,10-17H2,1H3. The summed E-state index contributed by atoms with van der Waals surface area (Å²) < 4.78 is 0. The molecule has 0 radical (unpaired) electrons. The van der Waals surface area contributed by atoms with Gasteiger partial charge in [-0.1, -0.05) is 12.1 Å². The highest BCUT2D eigenvalue weighted by Crippen LogP contribution is 2.30. The fraction of sp³-hybridized carbons (Fsp3) is 0.654. The Labute approximate surface area is 186 Å². The number of aromatic nitrogens is 1. The molecule has 0 spiro atoms. The first kappa shape index (κ1) is 20.7. The van der Waals surface area contributed by atoms with E-state index in [1.54, 1.807) is 11.1 Å². The maximum absolute atomic E-state index is 5.04. The van der Waals surface area contributed by atoms with Crippen LogP contribution in [0.1, 0.15) is 61.1 Å². The predicted molar refractivity (Wildman–Crippen MR) is 127 cm³/mol. The van der Waals surface area contributed by atoms with Crippen LogP contribution in [0.2, 0.25) is 0 Å². The molecule has 0 N–H and O–H groups in total. The Kier molecular flexibility index (Phi) is 6.54. The molecule has 3 nitrogen and oxygen atoms in total. The lowest BCUT2D eigenvalue weighted by Crippen LogP contribution is -2.37. The van der Waals surface area contributed by atoms with Crippen molar-refractivity contribution in [3.8, 4) is 11.3 Å². The molecule has 3 aliphatic rings. The van der Waals surface area contributed by atoms with Crippen molar-refractivity contribution in [3.05, 3.63) is 39.7 Å². The Bertz CT molecular complexity index is 837. The molecular weight excluding hydrogens is 386 g/mol. The minimum atomic E-state index is 0.818. The maximum Gasteiger partial charge on any atom is 0.0935 e. The van der Waals surface area contributed by atoms with Gasteiger partial charge >= 0.3 is 0 Å². The zero-order valence-corrected chi connectivity index (χ0v) is 19.4. The highest BCUT2D eigenvalue weighted by Gasteiger charge is 2.24. The highest BCUT2D eigenvalue weighted by molar-refractivity contribution is 7.09. The fourth-order valence-corrected chi connectivity index (χ4v) is 6.69. The third-order valence-electron chi connectivity index (χ3n) is 7.82. The van der Waals surface area contributed by atoms with Crippen LogP contribution in [0.5, 0.6) is 0 Å². The van der Waals surface area contributed by atoms with Gasteiger partial charge < -0.3 is 9.80 Å². The second kappa shape index (κ2) is 9.50. The first-order valence-corrected chi connectivity index (χ1v) is 13.1. The van der Waals surface area contributed by atoms with Crippen molar-refractivity contribution in [2.75, 3.05) is 33.2 Å². The van der Waals surface area contributed by atoms with Gasteiger partial charge in [0.2, 0.25) is 0 Å². The molecule has 1 aliphatic carbocycles. The summed E-state index contributed by atoms with van der Waals surface area (Å²) in [5.41, 5.74) is 5.64. The van der Waals surface area contributed by atoms with Crippen LogP contribution in [-0.2, 0) is 19.3 Å². The summed E-state index contributed by atoms with van der Waals surface area (Å²) in [6.45, 7) is 5.16. The summed E-state index contributed by atoms with van der Waals surface area (Å²) in [5, 5.41) is 3.63. The largest absolute Gasteiger partial charge is 0.303 e. The number of benzene rings is 1. The van der Waals surface area contributed by atoms with E-state index < -0.39 is 0 Å². The van der Waals surface area contributed by atoms with Gasteiger partial charge in [0, 0.05) is 23.4 Å². The number of hydrogen-bond acceptors (Lipinski definition) is 4. The smallest absolute Gasteiger partial charge is 0.0935 e. The van der Waals surface area contributed by atoms with E-state index in [1.807, 2.05) is 11.3 Å². The van der Waals surface area contributed by atoms with E-state index in [1.165, 1.54) is 107 Å². The molecular formula is C26H37N3S. The van der Waals surface area contributed by atoms with E-state index >= 15 is 0 Å². The van der Waals surface area contributed by atoms with Crippen molar-refractivity contribution in [1.29, 1.82) is 0 Å². The number of fused-ring (bicyclic) bond motifs is 1. The summed E-state index contributed by atoms with van der Waals surface area (Å²) in [6, 6.07) is 7.89. The predicted octanol–water partition coefficient (Wildman–Crippen LogP) is 5.43. The van der Waals surface area contributed by atoms with E-state index in [4.69, 9.17) is 4.98 Å². The molecule has 2 fully saturated rings. The van der Waals surface area contributed by atoms with Crippen molar-refractivity contribution >= 4 is 11.3 Å². The van der Waals surface area contributed by atoms with E-state index in [-0.39, 0.29) is 0 Å². The number of aryl methyl sites for hydroxylation is 2. The van der Waals surface area contributed by atoms with Crippen LogP contribution in [0, 0.1) is 5.92 Å². The lowest BCUT2D eigenvalue weighted by atomic mass is 9.90. The zero-order chi connectivity index (χ0) is 20.3. The molecule has 2 aliphatic heterocycles. The molecule has 1 aromatic carbocycles. The van der Waals surface area contributed by atoms with Gasteiger partial charge in [-0.3, -0.25) is 0 Å². The monoisotopic (exact) mass is 423 g/mol. The number of likely N-dealkylation sites (tertiary alicyclic amines) is 2. The molecule has 1 atom stereocenters. The maximum atomic E-state index is 5.04. The summed E-state index contributed by atoms with van der Waals surface area (Å²) in [4.78, 5) is 10.3. The third-order valence-corrected chi connectivity index (χ3v) is 8.69. The van der Waals surface area contributed by atoms with Gasteiger partial charge in [0.15, 0.2) is 0 Å². The molecule has 0 amide bonds. The fourth-order valence-electron chi connectivity index (χ4n) is 5.77. The van der Waals surface area contributed by atoms with Crippen molar-refractivity contribution in [2.45, 2.75) is 70.3 Å². The quantitative estimate of drug-likeness (QED) is 0.618. The second-order valence-corrected chi connectivity index (χ2v) is 10.8. The second-order valence-electron chi connectivity index (χ2n) is 9.87. The topological polar surface area (TPSA) is 19.4 Å². The highest BCUT2D eigenvalue weighted by atomic mass is 32.1. The molecule has 5 rings (SSSR count). The average Bonchev–Trinajstić information content (AvgIpc) is 3.42. The van der Waals surface area contributed by atoms with Gasteiger partial charge in [0.1, 0.15) is 0 Å². The Morgan fingerprint density at radius 3 is 2.63 bits per heavy atom. The van der Waals surface area contributed by atoms with Crippen LogP contribution in [0.4, 0.5) is 0 Å². The van der Waals surface area contributed by atoms with Crippen molar-refractivity contribution in [2.24, 2.45) is 5.92 Å². The van der Waals surface area contributed by atoms with Crippen molar-refractivity contribution < 1.29 is 0 Å². The first-order chi connectivity index (χ1) is 14.7. The molecule has 30 heavy (non-hydrogen) atoms. The lowest BCUT2D eigenvalue weighted by Gasteiger charge is -2.33. The van der Waals surface area contributed by atoms with E-state index in [0.717, 1.165) is 12.0 Å². The molecule has 2 saturated heterocycles. The molecule has 4 heteroatoms. The van der Waals surface area contributed by atoms with Gasteiger partial charge in [-0.2, -0.15) is 0 Å². The van der Waals surface area contributed by atoms with Crippen LogP contribution in [0.25, 0.3) is 11.3 Å². The Balaban J connectivity index is 1.11. The van der Waals surface area contributed by atoms with Crippen LogP contribution in [-0.4, -0.2) is 54.1 Å². The van der Waals surface area contributed by atoms with E-state index in [9.17, 15) is 0 Å². The summed E-state index contributed by atoms with van der Waals surface area (Å²) in [7, 11) is 2.30. The van der Waals surface area contributed by atoms with Crippen LogP contribution < -0.4 is 0 Å². The van der Waals surface area contributed by atoms with Gasteiger partial charge in [-0.25, -0.2) is 4.98 Å². The Morgan fingerprint density at radius 1 is 1.00 bits per heavy atom. The molecule has 2 aromatic rings. The van der Waals surface area contributed by atoms with Gasteiger partial charge in [-0.15, -0.1) is 11.3 Å². The number of hydrogen-bond donors (Lipinski definition) is 0. The van der Waals surface area contributed by atoms with E-state index in [2.05, 4.69) is 40.4 Å². The Hall–Kier alpha value is -1.23.